The first-order valence-electron chi connectivity index (χ1n) is 12.2. The van der Waals surface area contributed by atoms with Crippen molar-refractivity contribution in [3.8, 4) is 5.40 Å². The molecule has 1 spiro atoms. The Kier molecular flexibility index (Phi) is 5.31. The van der Waals surface area contributed by atoms with Gasteiger partial charge < -0.3 is 19.3 Å². The second-order valence-corrected chi connectivity index (χ2v) is 12.5. The Hall–Kier alpha value is -1.14. The Labute approximate surface area is 199 Å². The first-order chi connectivity index (χ1) is 15.5. The molecule has 0 amide bonds. The van der Waals surface area contributed by atoms with E-state index in [2.05, 4.69) is 12.3 Å². The van der Waals surface area contributed by atoms with Crippen molar-refractivity contribution in [2.45, 2.75) is 94.4 Å². The van der Waals surface area contributed by atoms with Gasteiger partial charge in [-0.05, 0) is 68.0 Å². The zero-order chi connectivity index (χ0) is 23.9. The lowest BCUT2D eigenvalue weighted by atomic mass is 9.40. The molecular formula is C25H35NO6S. The second kappa shape index (κ2) is 7.43. The molecule has 4 aliphatic carbocycles. The number of aliphatic hydroxyl groups is 1. The van der Waals surface area contributed by atoms with Crippen LogP contribution < -0.4 is 0 Å². The van der Waals surface area contributed by atoms with E-state index in [9.17, 15) is 20.0 Å². The average molecular weight is 478 g/mol. The lowest BCUT2D eigenvalue weighted by molar-refractivity contribution is -0.421. The maximum Gasteiger partial charge on any atom is 0.303 e. The SMILES string of the molecule is COC12CC[C@@]3(C)C(CC[C@H]4[C@@H]5CC[C@](O)(C(=O)COC(C)=O)[C@@]5(C)CC(SC#N)[C@@]43O1)C2. The minimum absolute atomic E-state index is 0.0610. The van der Waals surface area contributed by atoms with Crippen LogP contribution in [0.2, 0.25) is 0 Å². The lowest BCUT2D eigenvalue weighted by Crippen LogP contribution is -2.79. The highest BCUT2D eigenvalue weighted by molar-refractivity contribution is 8.04. The number of rotatable bonds is 5. The third kappa shape index (κ3) is 2.80. The minimum atomic E-state index is -1.58. The number of ketones is 1. The highest BCUT2D eigenvalue weighted by Gasteiger charge is 2.79. The molecule has 2 aliphatic heterocycles. The van der Waals surface area contributed by atoms with Gasteiger partial charge in [-0.1, -0.05) is 13.8 Å². The number of thioether (sulfide) groups is 1. The van der Waals surface area contributed by atoms with Gasteiger partial charge in [0.2, 0.25) is 5.78 Å². The van der Waals surface area contributed by atoms with Gasteiger partial charge in [-0.3, -0.25) is 9.59 Å². The summed E-state index contributed by atoms with van der Waals surface area (Å²) in [6, 6.07) is 0. The van der Waals surface area contributed by atoms with Gasteiger partial charge in [-0.25, -0.2) is 0 Å². The van der Waals surface area contributed by atoms with Crippen molar-refractivity contribution in [2.24, 2.45) is 28.6 Å². The highest BCUT2D eigenvalue weighted by Crippen LogP contribution is 2.76. The van der Waals surface area contributed by atoms with Crippen LogP contribution in [0.5, 0.6) is 0 Å². The number of methoxy groups -OCH3 is 1. The number of fused-ring (bicyclic) bond motifs is 3. The number of esters is 1. The molecule has 0 aromatic rings. The number of nitriles is 1. The van der Waals surface area contributed by atoms with E-state index in [-0.39, 0.29) is 22.5 Å². The molecule has 6 aliphatic rings. The van der Waals surface area contributed by atoms with Crippen LogP contribution in [0.25, 0.3) is 0 Å². The molecule has 3 unspecified atom stereocenters. The van der Waals surface area contributed by atoms with E-state index >= 15 is 0 Å². The third-order valence-electron chi connectivity index (χ3n) is 10.7. The molecule has 0 aromatic heterocycles. The maximum absolute atomic E-state index is 13.2. The number of hydrogen-bond acceptors (Lipinski definition) is 8. The van der Waals surface area contributed by atoms with Crippen molar-refractivity contribution in [1.82, 2.24) is 0 Å². The minimum Gasteiger partial charge on any atom is -0.458 e. The number of thiocyanates is 1. The molecule has 6 fully saturated rings. The van der Waals surface area contributed by atoms with Gasteiger partial charge in [-0.15, -0.1) is 0 Å². The lowest BCUT2D eigenvalue weighted by Gasteiger charge is -2.75. The normalized spacial score (nSPS) is 51.9. The van der Waals surface area contributed by atoms with Crippen LogP contribution in [-0.2, 0) is 23.8 Å². The highest BCUT2D eigenvalue weighted by atomic mass is 32.2. The molecular weight excluding hydrogens is 442 g/mol. The molecule has 6 rings (SSSR count). The summed E-state index contributed by atoms with van der Waals surface area (Å²) in [4.78, 5) is 24.5. The fourth-order valence-corrected chi connectivity index (χ4v) is 10.2. The Morgan fingerprint density at radius 1 is 1.12 bits per heavy atom. The number of carbonyl (C=O) groups is 2. The van der Waals surface area contributed by atoms with E-state index in [1.54, 1.807) is 7.11 Å². The van der Waals surface area contributed by atoms with Crippen molar-refractivity contribution in [3.05, 3.63) is 0 Å². The van der Waals surface area contributed by atoms with Gasteiger partial charge in [0.25, 0.3) is 0 Å². The number of ether oxygens (including phenoxy) is 3. The van der Waals surface area contributed by atoms with Gasteiger partial charge in [-0.2, -0.15) is 5.26 Å². The largest absolute Gasteiger partial charge is 0.458 e. The van der Waals surface area contributed by atoms with Crippen LogP contribution in [0.15, 0.2) is 0 Å². The van der Waals surface area contributed by atoms with Crippen molar-refractivity contribution < 1.29 is 28.9 Å². The fraction of sp³-hybridized carbons (Fsp3) is 0.880. The standard InChI is InChI=1S/C25H35NO6S/c1-15(27)31-13-19(28)24(29)8-7-17-18-6-5-16-11-23(30-4)10-9-21(16,2)25(18,32-23)20(33-14-26)12-22(17,24)3/h16-18,20,29H,5-13H2,1-4H3/t16?,17-,18-,20?,21-,22-,23?,24-,25-/m0/s1. The molecule has 8 heteroatoms. The predicted octanol–water partition coefficient (Wildman–Crippen LogP) is 3.58. The maximum atomic E-state index is 13.2. The number of carbonyl (C=O) groups excluding carboxylic acids is 2. The van der Waals surface area contributed by atoms with Gasteiger partial charge in [0.1, 0.15) is 11.0 Å². The van der Waals surface area contributed by atoms with Crippen molar-refractivity contribution in [3.63, 3.8) is 0 Å². The molecule has 1 N–H and O–H groups in total. The monoisotopic (exact) mass is 477 g/mol. The Morgan fingerprint density at radius 2 is 1.88 bits per heavy atom. The first kappa shape index (κ1) is 23.6. The molecule has 2 saturated heterocycles. The number of hydrogen-bond donors (Lipinski definition) is 1. The summed E-state index contributed by atoms with van der Waals surface area (Å²) < 4.78 is 18.1. The smallest absolute Gasteiger partial charge is 0.303 e. The molecule has 2 heterocycles. The molecule has 9 atom stereocenters. The van der Waals surface area contributed by atoms with Crippen molar-refractivity contribution in [2.75, 3.05) is 13.7 Å². The molecule has 4 bridgehead atoms. The number of nitrogens with zero attached hydrogens (tertiary/aromatic N) is 1. The summed E-state index contributed by atoms with van der Waals surface area (Å²) in [5.41, 5.74) is -2.86. The summed E-state index contributed by atoms with van der Waals surface area (Å²) in [6.07, 6.45) is 6.39. The summed E-state index contributed by atoms with van der Waals surface area (Å²) in [7, 11) is 1.73. The van der Waals surface area contributed by atoms with Crippen LogP contribution in [-0.4, -0.2) is 52.8 Å². The van der Waals surface area contributed by atoms with Crippen LogP contribution in [0, 0.1) is 39.2 Å². The number of Topliss-reactive ketones (excluding diaryl/α,β-unsaturated/α-hetero) is 1. The van der Waals surface area contributed by atoms with E-state index in [1.165, 1.54) is 18.7 Å². The van der Waals surface area contributed by atoms with Gasteiger partial charge in [0, 0.05) is 43.0 Å². The average Bonchev–Trinajstić information content (AvgIpc) is 3.04. The Bertz CT molecular complexity index is 921. The molecule has 33 heavy (non-hydrogen) atoms. The van der Waals surface area contributed by atoms with Crippen molar-refractivity contribution in [1.29, 1.82) is 5.26 Å². The van der Waals surface area contributed by atoms with E-state index in [0.29, 0.717) is 18.8 Å². The van der Waals surface area contributed by atoms with Gasteiger partial charge >= 0.3 is 5.97 Å². The zero-order valence-electron chi connectivity index (χ0n) is 20.0. The summed E-state index contributed by atoms with van der Waals surface area (Å²) in [5.74, 6) is -0.871. The van der Waals surface area contributed by atoms with E-state index < -0.39 is 40.8 Å². The van der Waals surface area contributed by atoms with Crippen LogP contribution in [0.4, 0.5) is 0 Å². The third-order valence-corrected chi connectivity index (χ3v) is 11.6. The molecule has 7 nitrogen and oxygen atoms in total. The van der Waals surface area contributed by atoms with E-state index in [1.807, 2.05) is 6.92 Å². The summed E-state index contributed by atoms with van der Waals surface area (Å²) >= 11 is 1.24. The Balaban J connectivity index is 1.59. The zero-order valence-corrected chi connectivity index (χ0v) is 20.8. The molecule has 4 saturated carbocycles. The first-order valence-corrected chi connectivity index (χ1v) is 13.1. The quantitative estimate of drug-likeness (QED) is 0.473. The van der Waals surface area contributed by atoms with E-state index in [4.69, 9.17) is 14.2 Å². The summed E-state index contributed by atoms with van der Waals surface area (Å²) in [6.45, 7) is 5.21. The van der Waals surface area contributed by atoms with Crippen LogP contribution >= 0.6 is 11.8 Å². The molecule has 182 valence electrons. The van der Waals surface area contributed by atoms with E-state index in [0.717, 1.165) is 38.5 Å². The molecule has 0 aromatic carbocycles. The fourth-order valence-electron chi connectivity index (χ4n) is 9.02. The summed E-state index contributed by atoms with van der Waals surface area (Å²) in [5, 5.41) is 23.8. The van der Waals surface area contributed by atoms with Crippen LogP contribution in [0.1, 0.15) is 72.1 Å². The second-order valence-electron chi connectivity index (χ2n) is 11.5. The van der Waals surface area contributed by atoms with Crippen molar-refractivity contribution >= 4 is 23.5 Å². The Morgan fingerprint density at radius 3 is 2.55 bits per heavy atom. The van der Waals surface area contributed by atoms with Crippen LogP contribution in [0.3, 0.4) is 0 Å². The predicted molar refractivity (Wildman–Crippen MR) is 121 cm³/mol. The van der Waals surface area contributed by atoms with Gasteiger partial charge in [0.05, 0.1) is 5.60 Å². The van der Waals surface area contributed by atoms with Gasteiger partial charge in [0.15, 0.2) is 12.4 Å². The topological polar surface area (TPSA) is 106 Å². The molecule has 0 radical (unpaired) electrons.